The Bertz CT molecular complexity index is 323. The van der Waals surface area contributed by atoms with Crippen molar-refractivity contribution in [2.75, 3.05) is 13.2 Å². The van der Waals surface area contributed by atoms with Crippen LogP contribution in [0.15, 0.2) is 0 Å². The molecule has 0 aliphatic carbocycles. The van der Waals surface area contributed by atoms with Gasteiger partial charge < -0.3 is 19.4 Å². The molecule has 184 valence electrons. The third-order valence-electron chi connectivity index (χ3n) is 5.28. The molecular formula is C24H52KO5P. The molecule has 31 heavy (non-hydrogen) atoms. The fraction of sp³-hybridized carbons (Fsp3) is 1.00. The Labute approximate surface area is 236 Å². The summed E-state index contributed by atoms with van der Waals surface area (Å²) in [6.07, 6.45) is 28.2. The predicted molar refractivity (Wildman–Crippen MR) is 127 cm³/mol. The SMILES string of the molecule is CCCCCCCCCCCCOCCCCCCCCCCCC.O=P([O-])(O)O.[K+]. The van der Waals surface area contributed by atoms with Gasteiger partial charge in [-0.15, -0.1) is 0 Å². The summed E-state index contributed by atoms with van der Waals surface area (Å²) in [4.78, 5) is 22.9. The zero-order valence-electron chi connectivity index (χ0n) is 21.1. The molecule has 0 aliphatic heterocycles. The number of phosphoric acid groups is 1. The van der Waals surface area contributed by atoms with E-state index in [9.17, 15) is 0 Å². The predicted octanol–water partition coefficient (Wildman–Crippen LogP) is 4.29. The molecule has 0 unspecified atom stereocenters. The average molecular weight is 491 g/mol. The van der Waals surface area contributed by atoms with Crippen molar-refractivity contribution in [1.29, 1.82) is 0 Å². The van der Waals surface area contributed by atoms with E-state index in [4.69, 9.17) is 24.0 Å². The molecule has 0 aromatic rings. The quantitative estimate of drug-likeness (QED) is 0.134. The molecule has 0 heterocycles. The first-order chi connectivity index (χ1) is 14.4. The van der Waals surface area contributed by atoms with Crippen molar-refractivity contribution in [3.8, 4) is 0 Å². The molecule has 0 bridgehead atoms. The summed E-state index contributed by atoms with van der Waals surface area (Å²) >= 11 is 0. The van der Waals surface area contributed by atoms with Crippen LogP contribution in [0.5, 0.6) is 0 Å². The standard InChI is InChI=1S/C24H50O.K.H3O4P/c1-3-5-7-9-11-13-15-17-19-21-23-25-24-22-20-18-16-14-12-10-8-6-4-2;;1-5(2,3)4/h3-24H2,1-2H3;;(H3,1,2,3,4)/q;+1;/p-1. The fourth-order valence-corrected chi connectivity index (χ4v) is 3.49. The van der Waals surface area contributed by atoms with Crippen LogP contribution in [0, 0.1) is 0 Å². The normalized spacial score (nSPS) is 11.0. The molecule has 0 aromatic carbocycles. The smallest absolute Gasteiger partial charge is 0.756 e. The summed E-state index contributed by atoms with van der Waals surface area (Å²) in [6, 6.07) is 0. The maximum Gasteiger partial charge on any atom is 1.00 e. The van der Waals surface area contributed by atoms with Gasteiger partial charge in [0.15, 0.2) is 0 Å². The molecule has 0 radical (unpaired) electrons. The van der Waals surface area contributed by atoms with Gasteiger partial charge in [-0.05, 0) is 12.8 Å². The number of hydrogen-bond donors (Lipinski definition) is 2. The first-order valence-electron chi connectivity index (χ1n) is 12.8. The van der Waals surface area contributed by atoms with E-state index < -0.39 is 7.82 Å². The summed E-state index contributed by atoms with van der Waals surface area (Å²) in [5.41, 5.74) is 0. The number of hydrogen-bond acceptors (Lipinski definition) is 3. The Morgan fingerprint density at radius 1 is 0.548 bits per heavy atom. The molecule has 0 saturated heterocycles. The van der Waals surface area contributed by atoms with Crippen LogP contribution < -0.4 is 56.3 Å². The molecule has 2 N–H and O–H groups in total. The van der Waals surface area contributed by atoms with Gasteiger partial charge in [-0.2, -0.15) is 0 Å². The van der Waals surface area contributed by atoms with E-state index in [2.05, 4.69) is 13.8 Å². The molecule has 0 aromatic heterocycles. The molecule has 0 saturated carbocycles. The molecule has 0 fully saturated rings. The third kappa shape index (κ3) is 49.8. The van der Waals surface area contributed by atoms with Gasteiger partial charge in [0.2, 0.25) is 0 Å². The van der Waals surface area contributed by atoms with Gasteiger partial charge in [-0.3, -0.25) is 4.57 Å². The molecule has 5 nitrogen and oxygen atoms in total. The van der Waals surface area contributed by atoms with Crippen molar-refractivity contribution < 1.29 is 75.4 Å². The molecule has 0 aliphatic rings. The maximum atomic E-state index is 8.77. The molecule has 7 heteroatoms. The Morgan fingerprint density at radius 3 is 0.968 bits per heavy atom. The van der Waals surface area contributed by atoms with Crippen molar-refractivity contribution >= 4 is 7.82 Å². The topological polar surface area (TPSA) is 89.8 Å². The fourth-order valence-electron chi connectivity index (χ4n) is 3.49. The molecule has 0 amide bonds. The maximum absolute atomic E-state index is 8.77. The first kappa shape index (κ1) is 37.3. The van der Waals surface area contributed by atoms with Crippen molar-refractivity contribution in [3.05, 3.63) is 0 Å². The van der Waals surface area contributed by atoms with E-state index in [-0.39, 0.29) is 51.4 Å². The number of unbranched alkanes of at least 4 members (excludes halogenated alkanes) is 18. The van der Waals surface area contributed by atoms with E-state index in [1.807, 2.05) is 0 Å². The van der Waals surface area contributed by atoms with Crippen LogP contribution in [-0.4, -0.2) is 23.0 Å². The van der Waals surface area contributed by atoms with E-state index in [1.54, 1.807) is 0 Å². The van der Waals surface area contributed by atoms with Crippen LogP contribution in [0.3, 0.4) is 0 Å². The summed E-state index contributed by atoms with van der Waals surface area (Å²) in [6.45, 7) is 6.57. The monoisotopic (exact) mass is 490 g/mol. The average Bonchev–Trinajstić information content (AvgIpc) is 2.68. The summed E-state index contributed by atoms with van der Waals surface area (Å²) < 4.78 is 14.5. The molecule has 0 atom stereocenters. The van der Waals surface area contributed by atoms with E-state index >= 15 is 0 Å². The minimum atomic E-state index is -4.89. The van der Waals surface area contributed by atoms with Gasteiger partial charge in [-0.1, -0.05) is 129 Å². The minimum absolute atomic E-state index is 0. The zero-order chi connectivity index (χ0) is 22.8. The van der Waals surface area contributed by atoms with Crippen molar-refractivity contribution in [1.82, 2.24) is 0 Å². The van der Waals surface area contributed by atoms with Gasteiger partial charge in [0.1, 0.15) is 0 Å². The van der Waals surface area contributed by atoms with Gasteiger partial charge in [0, 0.05) is 13.2 Å². The number of rotatable bonds is 22. The zero-order valence-corrected chi connectivity index (χ0v) is 25.1. The Hall–Kier alpha value is 1.71. The molecular weight excluding hydrogens is 438 g/mol. The van der Waals surface area contributed by atoms with Crippen LogP contribution in [0.1, 0.15) is 142 Å². The Morgan fingerprint density at radius 2 is 0.742 bits per heavy atom. The van der Waals surface area contributed by atoms with E-state index in [0.29, 0.717) is 0 Å². The van der Waals surface area contributed by atoms with Crippen LogP contribution in [-0.2, 0) is 9.30 Å². The van der Waals surface area contributed by atoms with Crippen molar-refractivity contribution in [2.24, 2.45) is 0 Å². The second-order valence-corrected chi connectivity index (χ2v) is 9.45. The van der Waals surface area contributed by atoms with Gasteiger partial charge in [0.25, 0.3) is 7.82 Å². The second-order valence-electron chi connectivity index (χ2n) is 8.47. The Balaban J connectivity index is -0.00000116. The third-order valence-corrected chi connectivity index (χ3v) is 5.28. The molecule has 0 spiro atoms. The summed E-state index contributed by atoms with van der Waals surface area (Å²) in [7, 11) is -4.89. The van der Waals surface area contributed by atoms with Crippen molar-refractivity contribution in [2.45, 2.75) is 142 Å². The largest absolute Gasteiger partial charge is 1.00 e. The van der Waals surface area contributed by atoms with Gasteiger partial charge in [-0.25, -0.2) is 0 Å². The van der Waals surface area contributed by atoms with Crippen LogP contribution in [0.2, 0.25) is 0 Å². The van der Waals surface area contributed by atoms with Crippen LogP contribution in [0.4, 0.5) is 0 Å². The minimum Gasteiger partial charge on any atom is -0.756 e. The summed E-state index contributed by atoms with van der Waals surface area (Å²) in [5, 5.41) is 0. The first-order valence-corrected chi connectivity index (χ1v) is 14.3. The van der Waals surface area contributed by atoms with E-state index in [0.717, 1.165) is 13.2 Å². The second kappa shape index (κ2) is 31.7. The number of ether oxygens (including phenoxy) is 1. The van der Waals surface area contributed by atoms with Crippen LogP contribution in [0.25, 0.3) is 0 Å². The van der Waals surface area contributed by atoms with E-state index in [1.165, 1.54) is 128 Å². The molecule has 0 rings (SSSR count). The Kier molecular flexibility index (Phi) is 38.1. The van der Waals surface area contributed by atoms with Gasteiger partial charge >= 0.3 is 51.4 Å². The van der Waals surface area contributed by atoms with Crippen molar-refractivity contribution in [3.63, 3.8) is 0 Å². The van der Waals surface area contributed by atoms with Crippen LogP contribution >= 0.6 is 7.82 Å². The summed E-state index contributed by atoms with van der Waals surface area (Å²) in [5.74, 6) is 0. The van der Waals surface area contributed by atoms with Gasteiger partial charge in [0.05, 0.1) is 0 Å².